The molecular formula is C11H15ClN2O4. The van der Waals surface area contributed by atoms with E-state index >= 15 is 0 Å². The van der Waals surface area contributed by atoms with Crippen LogP contribution in [0.25, 0.3) is 0 Å². The molecule has 0 fully saturated rings. The molecule has 6 nitrogen and oxygen atoms in total. The Morgan fingerprint density at radius 1 is 1.33 bits per heavy atom. The quantitative estimate of drug-likeness (QED) is 0.793. The second-order valence-electron chi connectivity index (χ2n) is 3.16. The number of hydrogen-bond acceptors (Lipinski definition) is 5. The molecule has 0 aliphatic carbocycles. The molecule has 100 valence electrons. The van der Waals surface area contributed by atoms with Gasteiger partial charge in [0.1, 0.15) is 5.75 Å². The minimum absolute atomic E-state index is 0. The maximum Gasteiger partial charge on any atom is 0.337 e. The Morgan fingerprint density at radius 2 is 2.00 bits per heavy atom. The number of hydrogen-bond donors (Lipinski definition) is 2. The summed E-state index contributed by atoms with van der Waals surface area (Å²) in [6, 6.07) is 4.57. The van der Waals surface area contributed by atoms with Gasteiger partial charge in [0.05, 0.1) is 32.0 Å². The highest BCUT2D eigenvalue weighted by Crippen LogP contribution is 2.25. The van der Waals surface area contributed by atoms with Crippen molar-refractivity contribution in [1.29, 1.82) is 0 Å². The Kier molecular flexibility index (Phi) is 6.77. The van der Waals surface area contributed by atoms with E-state index in [2.05, 4.69) is 10.1 Å². The first-order chi connectivity index (χ1) is 8.12. The van der Waals surface area contributed by atoms with Crippen LogP contribution in [0.4, 0.5) is 5.69 Å². The van der Waals surface area contributed by atoms with Gasteiger partial charge in [0.25, 0.3) is 0 Å². The third-order valence-electron chi connectivity index (χ3n) is 2.08. The molecule has 0 aliphatic heterocycles. The van der Waals surface area contributed by atoms with Crippen molar-refractivity contribution in [2.45, 2.75) is 0 Å². The van der Waals surface area contributed by atoms with Crippen LogP contribution in [0.15, 0.2) is 18.2 Å². The normalized spacial score (nSPS) is 9.06. The van der Waals surface area contributed by atoms with Gasteiger partial charge in [-0.25, -0.2) is 4.79 Å². The average molecular weight is 275 g/mol. The number of nitrogens with one attached hydrogen (secondary N) is 1. The summed E-state index contributed by atoms with van der Waals surface area (Å²) in [5.41, 5.74) is 5.98. The van der Waals surface area contributed by atoms with Crippen molar-refractivity contribution < 1.29 is 19.1 Å². The van der Waals surface area contributed by atoms with Crippen LogP contribution >= 0.6 is 12.4 Å². The van der Waals surface area contributed by atoms with Gasteiger partial charge in [0.15, 0.2) is 0 Å². The van der Waals surface area contributed by atoms with E-state index in [4.69, 9.17) is 10.5 Å². The number of benzene rings is 1. The van der Waals surface area contributed by atoms with Crippen molar-refractivity contribution in [2.24, 2.45) is 5.73 Å². The molecule has 0 unspecified atom stereocenters. The fourth-order valence-electron chi connectivity index (χ4n) is 1.24. The van der Waals surface area contributed by atoms with Crippen molar-refractivity contribution in [3.63, 3.8) is 0 Å². The summed E-state index contributed by atoms with van der Waals surface area (Å²) >= 11 is 0. The first-order valence-corrected chi connectivity index (χ1v) is 4.88. The van der Waals surface area contributed by atoms with Gasteiger partial charge in [-0.2, -0.15) is 0 Å². The lowest BCUT2D eigenvalue weighted by atomic mass is 10.2. The largest absolute Gasteiger partial charge is 0.495 e. The van der Waals surface area contributed by atoms with Gasteiger partial charge in [-0.1, -0.05) is 0 Å². The SMILES string of the molecule is COC(=O)c1ccc(NC(=O)CN)c(OC)c1.Cl. The highest BCUT2D eigenvalue weighted by Gasteiger charge is 2.11. The summed E-state index contributed by atoms with van der Waals surface area (Å²) in [6.45, 7) is -0.123. The second-order valence-corrected chi connectivity index (χ2v) is 3.16. The molecule has 1 aromatic rings. The summed E-state index contributed by atoms with van der Waals surface area (Å²) in [5, 5.41) is 2.55. The van der Waals surface area contributed by atoms with Crippen molar-refractivity contribution in [2.75, 3.05) is 26.1 Å². The smallest absolute Gasteiger partial charge is 0.337 e. The van der Waals surface area contributed by atoms with Crippen LogP contribution in [0.1, 0.15) is 10.4 Å². The van der Waals surface area contributed by atoms with Crippen molar-refractivity contribution in [1.82, 2.24) is 0 Å². The fourth-order valence-corrected chi connectivity index (χ4v) is 1.24. The molecule has 1 rings (SSSR count). The van der Waals surface area contributed by atoms with E-state index in [0.29, 0.717) is 17.0 Å². The first-order valence-electron chi connectivity index (χ1n) is 4.88. The number of esters is 1. The lowest BCUT2D eigenvalue weighted by molar-refractivity contribution is -0.114. The number of ether oxygens (including phenoxy) is 2. The lowest BCUT2D eigenvalue weighted by Crippen LogP contribution is -2.22. The van der Waals surface area contributed by atoms with Crippen LogP contribution in [-0.2, 0) is 9.53 Å². The van der Waals surface area contributed by atoms with Gasteiger partial charge in [0, 0.05) is 0 Å². The average Bonchev–Trinajstić information content (AvgIpc) is 2.37. The Hall–Kier alpha value is -1.79. The zero-order valence-electron chi connectivity index (χ0n) is 10.1. The molecule has 0 atom stereocenters. The number of rotatable bonds is 4. The number of carbonyl (C=O) groups excluding carboxylic acids is 2. The van der Waals surface area contributed by atoms with E-state index < -0.39 is 5.97 Å². The van der Waals surface area contributed by atoms with Crippen molar-refractivity contribution in [3.05, 3.63) is 23.8 Å². The van der Waals surface area contributed by atoms with Gasteiger partial charge < -0.3 is 20.5 Å². The van der Waals surface area contributed by atoms with Crippen molar-refractivity contribution >= 4 is 30.0 Å². The molecule has 3 N–H and O–H groups in total. The number of anilines is 1. The summed E-state index contributed by atoms with van der Waals surface area (Å²) in [4.78, 5) is 22.4. The molecule has 7 heteroatoms. The van der Waals surface area contributed by atoms with Crippen LogP contribution < -0.4 is 15.8 Å². The van der Waals surface area contributed by atoms with E-state index in [1.54, 1.807) is 6.07 Å². The van der Waals surface area contributed by atoms with E-state index in [9.17, 15) is 9.59 Å². The number of halogens is 1. The predicted octanol–water partition coefficient (Wildman–Crippen LogP) is 0.801. The minimum Gasteiger partial charge on any atom is -0.495 e. The van der Waals surface area contributed by atoms with E-state index in [0.717, 1.165) is 0 Å². The Morgan fingerprint density at radius 3 is 2.50 bits per heavy atom. The maximum atomic E-state index is 11.3. The van der Waals surface area contributed by atoms with E-state index in [1.807, 2.05) is 0 Å². The summed E-state index contributed by atoms with van der Waals surface area (Å²) in [7, 11) is 2.73. The van der Waals surface area contributed by atoms with Gasteiger partial charge in [0.2, 0.25) is 5.91 Å². The molecule has 0 saturated heterocycles. The summed E-state index contributed by atoms with van der Waals surface area (Å²) < 4.78 is 9.64. The zero-order chi connectivity index (χ0) is 12.8. The molecule has 0 spiro atoms. The third kappa shape index (κ3) is 3.90. The molecule has 0 saturated carbocycles. The Bertz CT molecular complexity index is 437. The highest BCUT2D eigenvalue weighted by molar-refractivity contribution is 5.95. The van der Waals surface area contributed by atoms with Gasteiger partial charge in [-0.3, -0.25) is 4.79 Å². The molecule has 0 heterocycles. The number of carbonyl (C=O) groups is 2. The molecule has 1 amide bonds. The lowest BCUT2D eigenvalue weighted by Gasteiger charge is -2.10. The topological polar surface area (TPSA) is 90.7 Å². The van der Waals surface area contributed by atoms with Crippen LogP contribution in [0.3, 0.4) is 0 Å². The van der Waals surface area contributed by atoms with Crippen LogP contribution in [0.2, 0.25) is 0 Å². The number of amides is 1. The first kappa shape index (κ1) is 16.2. The van der Waals surface area contributed by atoms with E-state index in [1.165, 1.54) is 26.4 Å². The van der Waals surface area contributed by atoms with Gasteiger partial charge in [-0.15, -0.1) is 12.4 Å². The Balaban J connectivity index is 0.00000289. The molecule has 0 bridgehead atoms. The van der Waals surface area contributed by atoms with Crippen LogP contribution in [0, 0.1) is 0 Å². The standard InChI is InChI=1S/C11H14N2O4.ClH/c1-16-9-5-7(11(15)17-2)3-4-8(9)13-10(14)6-12;/h3-5H,6,12H2,1-2H3,(H,13,14);1H. The van der Waals surface area contributed by atoms with E-state index in [-0.39, 0.29) is 24.9 Å². The van der Waals surface area contributed by atoms with Crippen LogP contribution in [0.5, 0.6) is 5.75 Å². The molecule has 0 radical (unpaired) electrons. The van der Waals surface area contributed by atoms with Gasteiger partial charge in [-0.05, 0) is 18.2 Å². The molecule has 0 aromatic heterocycles. The summed E-state index contributed by atoms with van der Waals surface area (Å²) in [5.74, 6) is -0.441. The zero-order valence-corrected chi connectivity index (χ0v) is 10.9. The monoisotopic (exact) mass is 274 g/mol. The predicted molar refractivity (Wildman–Crippen MR) is 69.3 cm³/mol. The molecule has 1 aromatic carbocycles. The van der Waals surface area contributed by atoms with Crippen LogP contribution in [-0.4, -0.2) is 32.6 Å². The minimum atomic E-state index is -0.472. The maximum absolute atomic E-state index is 11.3. The number of methoxy groups -OCH3 is 2. The van der Waals surface area contributed by atoms with Crippen molar-refractivity contribution in [3.8, 4) is 5.75 Å². The Labute approximate surface area is 111 Å². The fraction of sp³-hybridized carbons (Fsp3) is 0.273. The molecule has 18 heavy (non-hydrogen) atoms. The second kappa shape index (κ2) is 7.52. The summed E-state index contributed by atoms with van der Waals surface area (Å²) in [6.07, 6.45) is 0. The highest BCUT2D eigenvalue weighted by atomic mass is 35.5. The third-order valence-corrected chi connectivity index (χ3v) is 2.08. The number of nitrogens with two attached hydrogens (primary N) is 1. The van der Waals surface area contributed by atoms with Gasteiger partial charge >= 0.3 is 5.97 Å². The molecular weight excluding hydrogens is 260 g/mol. The molecule has 0 aliphatic rings.